The lowest BCUT2D eigenvalue weighted by Gasteiger charge is -2.13. The first-order valence-corrected chi connectivity index (χ1v) is 12.1. The average molecular weight is 611 g/mol. The highest BCUT2D eigenvalue weighted by atomic mass is 79.9. The van der Waals surface area contributed by atoms with Gasteiger partial charge in [0.2, 0.25) is 0 Å². The maximum Gasteiger partial charge on any atom is 0.314 e. The van der Waals surface area contributed by atoms with E-state index in [9.17, 15) is 24.8 Å². The summed E-state index contributed by atoms with van der Waals surface area (Å²) in [4.78, 5) is 47.5. The molecule has 4 N–H and O–H groups in total. The topological polar surface area (TPSA) is 172 Å². The number of hydrogen-bond acceptors (Lipinski definition) is 9. The highest BCUT2D eigenvalue weighted by molar-refractivity contribution is 9.10. The van der Waals surface area contributed by atoms with Crippen LogP contribution in [0.15, 0.2) is 82.5 Å². The van der Waals surface area contributed by atoms with Gasteiger partial charge in [-0.1, -0.05) is 29.8 Å². The van der Waals surface area contributed by atoms with Gasteiger partial charge in [0.1, 0.15) is 17.8 Å². The Morgan fingerprint density at radius 2 is 1.69 bits per heavy atom. The minimum Gasteiger partial charge on any atom is -0.506 e. The molecule has 39 heavy (non-hydrogen) atoms. The van der Waals surface area contributed by atoms with Crippen molar-refractivity contribution in [3.63, 3.8) is 0 Å². The number of anilines is 4. The fraction of sp³-hybridized carbons (Fsp3) is 0. The lowest BCUT2D eigenvalue weighted by atomic mass is 10.2. The normalized spacial score (nSPS) is 10.7. The largest absolute Gasteiger partial charge is 0.506 e. The van der Waals surface area contributed by atoms with Crippen molar-refractivity contribution in [1.29, 1.82) is 0 Å². The number of para-hydroxylation sites is 1. The number of aliphatic imine (C=N–C) groups is 1. The number of carbonyl (C=O) groups is 2. The van der Waals surface area contributed by atoms with Gasteiger partial charge in [-0.2, -0.15) is 0 Å². The number of rotatable bonds is 7. The van der Waals surface area contributed by atoms with Crippen LogP contribution < -0.4 is 16.0 Å². The molecule has 4 aromatic rings. The van der Waals surface area contributed by atoms with Crippen LogP contribution in [0.4, 0.5) is 34.3 Å². The Labute approximate surface area is 234 Å². The van der Waals surface area contributed by atoms with E-state index in [2.05, 4.69) is 46.8 Å². The average Bonchev–Trinajstić information content (AvgIpc) is 2.92. The van der Waals surface area contributed by atoms with Crippen LogP contribution >= 0.6 is 27.5 Å². The first kappa shape index (κ1) is 27.2. The molecule has 12 nitrogen and oxygen atoms in total. The molecule has 2 amide bonds. The summed E-state index contributed by atoms with van der Waals surface area (Å²) in [5, 5.41) is 29.0. The quantitative estimate of drug-likeness (QED) is 0.0690. The molecule has 4 rings (SSSR count). The van der Waals surface area contributed by atoms with Crippen molar-refractivity contribution in [3.8, 4) is 5.75 Å². The lowest BCUT2D eigenvalue weighted by molar-refractivity contribution is -0.385. The van der Waals surface area contributed by atoms with Gasteiger partial charge in [0.15, 0.2) is 11.0 Å². The molecule has 0 fully saturated rings. The minimum absolute atomic E-state index is 0.00111. The number of benzene rings is 3. The van der Waals surface area contributed by atoms with E-state index in [-0.39, 0.29) is 38.1 Å². The molecular weight excluding hydrogens is 594 g/mol. The summed E-state index contributed by atoms with van der Waals surface area (Å²) in [5.41, 5.74) is 1.42. The summed E-state index contributed by atoms with van der Waals surface area (Å²) in [5.74, 6) is -1.93. The molecule has 0 aliphatic carbocycles. The first-order valence-electron chi connectivity index (χ1n) is 11.0. The Bertz CT molecular complexity index is 1580. The van der Waals surface area contributed by atoms with E-state index < -0.39 is 16.7 Å². The highest BCUT2D eigenvalue weighted by Crippen LogP contribution is 2.32. The third-order valence-corrected chi connectivity index (χ3v) is 5.94. The predicted octanol–water partition coefficient (Wildman–Crippen LogP) is 5.58. The third kappa shape index (κ3) is 6.91. The number of nitro benzene ring substituents is 1. The second-order valence-electron chi connectivity index (χ2n) is 7.71. The summed E-state index contributed by atoms with van der Waals surface area (Å²) in [6, 6.07) is 17.4. The second-order valence-corrected chi connectivity index (χ2v) is 8.93. The number of hydrogen-bond donors (Lipinski definition) is 4. The molecule has 0 unspecified atom stereocenters. The van der Waals surface area contributed by atoms with E-state index in [0.717, 1.165) is 0 Å². The molecular formula is C25H17BrClN7O5. The zero-order chi connectivity index (χ0) is 27.9. The second kappa shape index (κ2) is 12.1. The van der Waals surface area contributed by atoms with Crippen LogP contribution in [0, 0.1) is 10.1 Å². The monoisotopic (exact) mass is 609 g/mol. The molecule has 0 aliphatic heterocycles. The highest BCUT2D eigenvalue weighted by Gasteiger charge is 2.19. The van der Waals surface area contributed by atoms with Crippen LogP contribution in [0.2, 0.25) is 5.15 Å². The fourth-order valence-corrected chi connectivity index (χ4v) is 3.81. The van der Waals surface area contributed by atoms with E-state index in [1.54, 1.807) is 54.6 Å². The van der Waals surface area contributed by atoms with Crippen LogP contribution in [0.1, 0.15) is 5.56 Å². The number of nitro groups is 1. The number of phenolic OH excluding ortho intramolecular Hbond substituents is 1. The van der Waals surface area contributed by atoms with Crippen molar-refractivity contribution in [1.82, 2.24) is 9.97 Å². The predicted molar refractivity (Wildman–Crippen MR) is 150 cm³/mol. The minimum atomic E-state index is -0.973. The maximum atomic E-state index is 12.5. The van der Waals surface area contributed by atoms with E-state index in [1.165, 1.54) is 24.7 Å². The summed E-state index contributed by atoms with van der Waals surface area (Å²) in [7, 11) is 0. The molecule has 0 bridgehead atoms. The Balaban J connectivity index is 1.47. The Morgan fingerprint density at radius 1 is 1.00 bits per heavy atom. The standard InChI is InChI=1S/C25H17BrClN7O5/c26-19-11-18(34(38)39)10-14(21(19)35)12-28-15-6-8-17(9-7-15)31-23-20(22(27)29-13-30-23)33-25(37)24(36)32-16-4-2-1-3-5-16/h1-13,35H,(H,32,36)(H,33,37)(H,29,30,31). The number of amides is 2. The van der Waals surface area contributed by atoms with E-state index >= 15 is 0 Å². The van der Waals surface area contributed by atoms with Gasteiger partial charge in [-0.05, 0) is 52.3 Å². The van der Waals surface area contributed by atoms with Gasteiger partial charge in [0, 0.05) is 35.3 Å². The van der Waals surface area contributed by atoms with Crippen molar-refractivity contribution < 1.29 is 19.6 Å². The summed E-state index contributed by atoms with van der Waals surface area (Å²) < 4.78 is 0.168. The molecule has 0 saturated heterocycles. The number of aromatic hydroxyl groups is 1. The lowest BCUT2D eigenvalue weighted by Crippen LogP contribution is -2.29. The zero-order valence-corrected chi connectivity index (χ0v) is 22.0. The van der Waals surface area contributed by atoms with Gasteiger partial charge in [-0.15, -0.1) is 0 Å². The van der Waals surface area contributed by atoms with Gasteiger partial charge in [-0.3, -0.25) is 24.7 Å². The van der Waals surface area contributed by atoms with E-state index in [1.807, 2.05) is 0 Å². The van der Waals surface area contributed by atoms with Crippen molar-refractivity contribution in [2.45, 2.75) is 0 Å². The first-order chi connectivity index (χ1) is 18.7. The maximum absolute atomic E-state index is 12.5. The van der Waals surface area contributed by atoms with Crippen LogP contribution in [-0.4, -0.2) is 38.0 Å². The number of nitrogens with zero attached hydrogens (tertiary/aromatic N) is 4. The van der Waals surface area contributed by atoms with Crippen molar-refractivity contribution >= 4 is 79.8 Å². The van der Waals surface area contributed by atoms with Gasteiger partial charge in [0.05, 0.1) is 15.1 Å². The molecule has 196 valence electrons. The molecule has 0 saturated carbocycles. The Kier molecular flexibility index (Phi) is 8.43. The summed E-state index contributed by atoms with van der Waals surface area (Å²) in [6.45, 7) is 0. The Morgan fingerprint density at radius 3 is 2.38 bits per heavy atom. The van der Waals surface area contributed by atoms with Gasteiger partial charge in [0.25, 0.3) is 5.69 Å². The molecule has 0 aliphatic rings. The van der Waals surface area contributed by atoms with Crippen LogP contribution in [0.3, 0.4) is 0 Å². The number of carbonyl (C=O) groups excluding carboxylic acids is 2. The summed E-state index contributed by atoms with van der Waals surface area (Å²) in [6.07, 6.45) is 2.49. The molecule has 0 atom stereocenters. The Hall–Kier alpha value is -4.88. The zero-order valence-electron chi connectivity index (χ0n) is 19.6. The number of non-ortho nitro benzene ring substituents is 1. The van der Waals surface area contributed by atoms with Crippen molar-refractivity contribution in [3.05, 3.63) is 98.4 Å². The van der Waals surface area contributed by atoms with Crippen LogP contribution in [0.5, 0.6) is 5.75 Å². The number of phenols is 1. The molecule has 0 radical (unpaired) electrons. The molecule has 1 aromatic heterocycles. The SMILES string of the molecule is O=C(Nc1ccccc1)C(=O)Nc1c(Cl)ncnc1Nc1ccc(N=Cc2cc([N+](=O)[O-])cc(Br)c2O)cc1. The molecule has 1 heterocycles. The smallest absolute Gasteiger partial charge is 0.314 e. The van der Waals surface area contributed by atoms with E-state index in [4.69, 9.17) is 11.6 Å². The van der Waals surface area contributed by atoms with Crippen LogP contribution in [-0.2, 0) is 9.59 Å². The van der Waals surface area contributed by atoms with Gasteiger partial charge in [-0.25, -0.2) is 9.97 Å². The number of nitrogens with one attached hydrogen (secondary N) is 3. The summed E-state index contributed by atoms with van der Waals surface area (Å²) >= 11 is 9.25. The number of aromatic nitrogens is 2. The van der Waals surface area contributed by atoms with Crippen LogP contribution in [0.25, 0.3) is 0 Å². The van der Waals surface area contributed by atoms with Gasteiger partial charge < -0.3 is 21.1 Å². The molecule has 14 heteroatoms. The third-order valence-electron chi connectivity index (χ3n) is 5.05. The molecule has 3 aromatic carbocycles. The van der Waals surface area contributed by atoms with Gasteiger partial charge >= 0.3 is 11.8 Å². The van der Waals surface area contributed by atoms with Crippen molar-refractivity contribution in [2.24, 2.45) is 4.99 Å². The van der Waals surface area contributed by atoms with Crippen molar-refractivity contribution in [2.75, 3.05) is 16.0 Å². The fourth-order valence-electron chi connectivity index (χ4n) is 3.17. The van der Waals surface area contributed by atoms with E-state index in [0.29, 0.717) is 17.1 Å². The molecule has 0 spiro atoms. The number of halogens is 2.